The molecule has 0 saturated carbocycles. The third-order valence-electron chi connectivity index (χ3n) is 9.80. The molecule has 3 aromatic carbocycles. The number of aliphatic hydroxyl groups excluding tert-OH is 2. The van der Waals surface area contributed by atoms with Crippen molar-refractivity contribution in [3.05, 3.63) is 87.9 Å². The number of carbonyl (C=O) groups excluding carboxylic acids is 4. The fourth-order valence-corrected chi connectivity index (χ4v) is 7.76. The lowest BCUT2D eigenvalue weighted by molar-refractivity contribution is -0.148. The van der Waals surface area contributed by atoms with Crippen LogP contribution in [0.3, 0.4) is 0 Å². The molecule has 1 unspecified atom stereocenters. The maximum Gasteiger partial charge on any atom is 0.319 e. The molecule has 6 rings (SSSR count). The van der Waals surface area contributed by atoms with Crippen LogP contribution in [0.5, 0.6) is 5.75 Å². The lowest BCUT2D eigenvalue weighted by Crippen LogP contribution is -2.63. The van der Waals surface area contributed by atoms with E-state index in [-0.39, 0.29) is 42.2 Å². The molecule has 0 saturated heterocycles. The summed E-state index contributed by atoms with van der Waals surface area (Å²) in [5.41, 5.74) is 4.54. The third kappa shape index (κ3) is 4.95. The van der Waals surface area contributed by atoms with Gasteiger partial charge < -0.3 is 36.2 Å². The maximum absolute atomic E-state index is 14.2. The zero-order valence-electron chi connectivity index (χ0n) is 26.7. The van der Waals surface area contributed by atoms with E-state index in [9.17, 15) is 39.6 Å². The highest BCUT2D eigenvalue weighted by molar-refractivity contribution is 6.25. The fourth-order valence-electron chi connectivity index (χ4n) is 7.76. The van der Waals surface area contributed by atoms with Crippen LogP contribution in [-0.4, -0.2) is 87.7 Å². The number of likely N-dealkylation sites (N-methyl/N-ethyl adjacent to an activating group) is 1. The molecule has 12 heteroatoms. The van der Waals surface area contributed by atoms with Gasteiger partial charge in [0, 0.05) is 18.0 Å². The number of esters is 1. The zero-order chi connectivity index (χ0) is 34.7. The van der Waals surface area contributed by atoms with E-state index >= 15 is 0 Å². The predicted octanol–water partition coefficient (Wildman–Crippen LogP) is 2.59. The van der Waals surface area contributed by atoms with Crippen molar-refractivity contribution in [1.82, 2.24) is 10.2 Å². The number of benzene rings is 3. The number of nitrogens with one attached hydrogen (secondary N) is 1. The zero-order valence-corrected chi connectivity index (χ0v) is 26.7. The van der Waals surface area contributed by atoms with Crippen LogP contribution in [0.2, 0.25) is 0 Å². The highest BCUT2D eigenvalue weighted by Crippen LogP contribution is 2.53. The molecule has 1 amide bonds. The van der Waals surface area contributed by atoms with Crippen molar-refractivity contribution in [1.29, 1.82) is 0 Å². The Morgan fingerprint density at radius 1 is 1.02 bits per heavy atom. The van der Waals surface area contributed by atoms with Crippen LogP contribution in [-0.2, 0) is 32.1 Å². The number of allylic oxidation sites excluding steroid dienone is 1. The van der Waals surface area contributed by atoms with Crippen LogP contribution in [0, 0.1) is 11.8 Å². The molecule has 0 fully saturated rings. The van der Waals surface area contributed by atoms with Gasteiger partial charge in [-0.05, 0) is 78.9 Å². The number of phenols is 1. The number of aromatic hydroxyl groups is 1. The molecule has 12 nitrogen and oxygen atoms in total. The van der Waals surface area contributed by atoms with Crippen LogP contribution in [0.25, 0.3) is 21.9 Å². The molecule has 3 aliphatic carbocycles. The summed E-state index contributed by atoms with van der Waals surface area (Å²) in [5.74, 6) is -7.32. The molecule has 0 aliphatic heterocycles. The normalized spacial score (nSPS) is 23.6. The number of nitrogens with zero attached hydrogens (tertiary/aromatic N) is 1. The van der Waals surface area contributed by atoms with Crippen molar-refractivity contribution in [3.8, 4) is 16.9 Å². The first-order valence-corrected chi connectivity index (χ1v) is 15.7. The fraction of sp³-hybridized carbons (Fsp3) is 0.333. The third-order valence-corrected chi connectivity index (χ3v) is 9.80. The number of phenolic OH excluding ortho intramolecular Hbond substituents is 1. The highest BCUT2D eigenvalue weighted by atomic mass is 16.5. The number of Topliss-reactive ketones (excluding diaryl/α,β-unsaturated/α-hetero) is 2. The number of carbonyl (C=O) groups is 4. The van der Waals surface area contributed by atoms with Crippen LogP contribution in [0.1, 0.15) is 34.8 Å². The van der Waals surface area contributed by atoms with Crippen LogP contribution >= 0.6 is 0 Å². The minimum atomic E-state index is -2.70. The SMILES string of the molecule is CCOC(=O)CNCc1ccc(-c2ccc(O)c3c2C[C@@H]2C[C@@H]4C(N(C)C)C(O)=C(C(N)=O)C(=O)[C@]4(O)C(O)=C2C3=O)c2ccccc12. The molecule has 3 aromatic rings. The summed E-state index contributed by atoms with van der Waals surface area (Å²) in [7, 11) is 3.18. The van der Waals surface area contributed by atoms with E-state index in [4.69, 9.17) is 10.5 Å². The molecule has 48 heavy (non-hydrogen) atoms. The Balaban J connectivity index is 1.46. The number of amides is 1. The van der Waals surface area contributed by atoms with Crippen LogP contribution in [0.4, 0.5) is 0 Å². The van der Waals surface area contributed by atoms with Gasteiger partial charge in [0.25, 0.3) is 5.91 Å². The molecular weight excluding hydrogens is 618 g/mol. The number of nitrogens with two attached hydrogens (primary N) is 1. The van der Waals surface area contributed by atoms with E-state index < -0.39 is 58.0 Å². The standard InChI is InChI=1S/C36H37N3O9/c1-4-48-26(41)16-38-15-17-9-10-21(20-8-6-5-7-19(17)20)22-11-12-25(40)28-23(22)13-18-14-24-30(39(2)3)32(43)29(35(37)46)34(45)36(24,47)33(44)27(18)31(28)42/h5-12,18,24,30,38,40,43-44,47H,4,13-16H2,1-3H3,(H2,37,46)/t18-,24-,30?,36-/m1/s1. The smallest absolute Gasteiger partial charge is 0.319 e. The predicted molar refractivity (Wildman–Crippen MR) is 175 cm³/mol. The average Bonchev–Trinajstić information content (AvgIpc) is 3.03. The van der Waals surface area contributed by atoms with Crippen molar-refractivity contribution in [2.24, 2.45) is 17.6 Å². The molecule has 7 N–H and O–H groups in total. The van der Waals surface area contributed by atoms with Crippen LogP contribution in [0.15, 0.2) is 71.2 Å². The Morgan fingerprint density at radius 2 is 1.71 bits per heavy atom. The number of rotatable bonds is 8. The Hall–Kier alpha value is -5.04. The molecule has 0 bridgehead atoms. The van der Waals surface area contributed by atoms with E-state index in [2.05, 4.69) is 5.32 Å². The van der Waals surface area contributed by atoms with E-state index in [1.807, 2.05) is 36.4 Å². The van der Waals surface area contributed by atoms with E-state index in [0.717, 1.165) is 21.9 Å². The van der Waals surface area contributed by atoms with Gasteiger partial charge >= 0.3 is 5.97 Å². The van der Waals surface area contributed by atoms with Gasteiger partial charge in [-0.15, -0.1) is 0 Å². The van der Waals surface area contributed by atoms with Gasteiger partial charge in [0.2, 0.25) is 5.78 Å². The summed E-state index contributed by atoms with van der Waals surface area (Å²) < 4.78 is 5.00. The average molecular weight is 656 g/mol. The number of ether oxygens (including phenoxy) is 1. The van der Waals surface area contributed by atoms with Gasteiger partial charge in [-0.1, -0.05) is 42.5 Å². The number of aliphatic hydroxyl groups is 3. The largest absolute Gasteiger partial charge is 0.510 e. The lowest BCUT2D eigenvalue weighted by atomic mass is 9.58. The van der Waals surface area contributed by atoms with Gasteiger partial charge in [0.05, 0.1) is 24.8 Å². The second kappa shape index (κ2) is 12.2. The molecule has 4 atom stereocenters. The number of hydrogen-bond acceptors (Lipinski definition) is 11. The molecule has 0 aromatic heterocycles. The number of fused-ring (bicyclic) bond motifs is 4. The van der Waals surface area contributed by atoms with Gasteiger partial charge in [0.15, 0.2) is 11.4 Å². The molecular formula is C36H37N3O9. The minimum Gasteiger partial charge on any atom is -0.510 e. The topological polar surface area (TPSA) is 200 Å². The first-order valence-electron chi connectivity index (χ1n) is 15.7. The summed E-state index contributed by atoms with van der Waals surface area (Å²) in [6.07, 6.45) is 0.155. The summed E-state index contributed by atoms with van der Waals surface area (Å²) in [5, 5.41) is 50.4. The highest BCUT2D eigenvalue weighted by Gasteiger charge is 2.63. The van der Waals surface area contributed by atoms with Gasteiger partial charge in [-0.2, -0.15) is 0 Å². The summed E-state index contributed by atoms with van der Waals surface area (Å²) in [4.78, 5) is 53.4. The summed E-state index contributed by atoms with van der Waals surface area (Å²) >= 11 is 0. The number of primary amides is 1. The van der Waals surface area contributed by atoms with Crippen molar-refractivity contribution in [2.75, 3.05) is 27.2 Å². The molecule has 0 radical (unpaired) electrons. The van der Waals surface area contributed by atoms with Gasteiger partial charge in [-0.25, -0.2) is 0 Å². The molecule has 3 aliphatic rings. The second-order valence-electron chi connectivity index (χ2n) is 12.7. The number of hydrogen-bond donors (Lipinski definition) is 6. The summed E-state index contributed by atoms with van der Waals surface area (Å²) in [6.45, 7) is 2.49. The maximum atomic E-state index is 14.2. The quantitative estimate of drug-likeness (QED) is 0.154. The monoisotopic (exact) mass is 655 g/mol. The Bertz CT molecular complexity index is 1960. The molecule has 0 heterocycles. The first-order chi connectivity index (χ1) is 22.8. The van der Waals surface area contributed by atoms with E-state index in [1.54, 1.807) is 27.1 Å². The van der Waals surface area contributed by atoms with E-state index in [0.29, 0.717) is 24.3 Å². The minimum absolute atomic E-state index is 0.00726. The first kappa shape index (κ1) is 32.9. The van der Waals surface area contributed by atoms with Crippen molar-refractivity contribution in [2.45, 2.75) is 38.0 Å². The van der Waals surface area contributed by atoms with Gasteiger partial charge in [-0.3, -0.25) is 24.1 Å². The molecule has 250 valence electrons. The Labute approximate surface area is 276 Å². The van der Waals surface area contributed by atoms with Crippen molar-refractivity contribution < 1.29 is 44.3 Å². The Morgan fingerprint density at radius 3 is 2.38 bits per heavy atom. The number of ketones is 2. The molecule has 0 spiro atoms. The van der Waals surface area contributed by atoms with Crippen molar-refractivity contribution in [3.63, 3.8) is 0 Å². The lowest BCUT2D eigenvalue weighted by Gasteiger charge is -2.50. The second-order valence-corrected chi connectivity index (χ2v) is 12.7. The summed E-state index contributed by atoms with van der Waals surface area (Å²) in [6, 6.07) is 13.6. The van der Waals surface area contributed by atoms with Gasteiger partial charge in [0.1, 0.15) is 22.8 Å². The Kier molecular flexibility index (Phi) is 8.36. The van der Waals surface area contributed by atoms with E-state index in [1.165, 1.54) is 11.0 Å². The van der Waals surface area contributed by atoms with Crippen LogP contribution < -0.4 is 11.1 Å². The van der Waals surface area contributed by atoms with Crippen molar-refractivity contribution >= 4 is 34.2 Å².